The normalized spacial score (nSPS) is 14.8. The average molecular weight is 401 g/mol. The van der Waals surface area contributed by atoms with Crippen molar-refractivity contribution in [2.45, 2.75) is 37.5 Å². The first kappa shape index (κ1) is 20.2. The molecule has 1 N–H and O–H groups in total. The van der Waals surface area contributed by atoms with Crippen LogP contribution in [-0.4, -0.2) is 37.5 Å². The Morgan fingerprint density at radius 1 is 0.964 bits per heavy atom. The van der Waals surface area contributed by atoms with E-state index in [1.54, 1.807) is 48.5 Å². The zero-order chi connectivity index (χ0) is 20.1. The Morgan fingerprint density at radius 3 is 2.14 bits per heavy atom. The molecule has 2 aromatic rings. The number of sulfonamides is 1. The fourth-order valence-electron chi connectivity index (χ4n) is 3.18. The Hall–Kier alpha value is -2.51. The second-order valence-electron chi connectivity index (χ2n) is 6.94. The third-order valence-electron chi connectivity index (χ3n) is 4.84. The highest BCUT2D eigenvalue weighted by Gasteiger charge is 2.26. The second-order valence-corrected chi connectivity index (χ2v) is 8.87. The molecular formula is C21H24N2O4S. The molecule has 0 bridgehead atoms. The molecule has 1 saturated heterocycles. The number of aryl methyl sites for hydroxylation is 1. The molecule has 7 heteroatoms. The van der Waals surface area contributed by atoms with E-state index in [1.165, 1.54) is 11.2 Å². The van der Waals surface area contributed by atoms with E-state index >= 15 is 0 Å². The lowest BCUT2D eigenvalue weighted by molar-refractivity contribution is -0.116. The van der Waals surface area contributed by atoms with Gasteiger partial charge in [-0.1, -0.05) is 12.1 Å². The number of nitrogens with one attached hydrogen (secondary N) is 1. The third-order valence-corrected chi connectivity index (χ3v) is 6.75. The van der Waals surface area contributed by atoms with Crippen molar-refractivity contribution in [3.8, 4) is 0 Å². The monoisotopic (exact) mass is 400 g/mol. The van der Waals surface area contributed by atoms with Gasteiger partial charge in [-0.15, -0.1) is 0 Å². The van der Waals surface area contributed by atoms with Crippen LogP contribution in [0.4, 0.5) is 5.69 Å². The van der Waals surface area contributed by atoms with Crippen molar-refractivity contribution in [2.24, 2.45) is 0 Å². The Labute approximate surface area is 165 Å². The molecule has 28 heavy (non-hydrogen) atoms. The van der Waals surface area contributed by atoms with Gasteiger partial charge in [-0.05, 0) is 68.1 Å². The Balaban J connectivity index is 1.54. The van der Waals surface area contributed by atoms with Crippen molar-refractivity contribution in [3.05, 3.63) is 59.7 Å². The summed E-state index contributed by atoms with van der Waals surface area (Å²) in [5.74, 6) is -0.155. The van der Waals surface area contributed by atoms with Gasteiger partial charge in [0, 0.05) is 30.8 Å². The minimum absolute atomic E-state index is 0.0203. The molecule has 0 spiro atoms. The molecular weight excluding hydrogens is 376 g/mol. The standard InChI is InChI=1S/C21H24N2O4S/c1-16(24)18-7-9-19(10-8-18)22-21(25)13-6-17-4-11-20(12-5-17)28(26,27)23-14-2-3-15-23/h4-5,7-12H,2-3,6,13-15H2,1H3,(H,22,25). The van der Waals surface area contributed by atoms with Gasteiger partial charge in [-0.3, -0.25) is 9.59 Å². The first-order valence-corrected chi connectivity index (χ1v) is 10.8. The molecule has 1 heterocycles. The zero-order valence-corrected chi connectivity index (χ0v) is 16.7. The van der Waals surface area contributed by atoms with Crippen molar-refractivity contribution in [1.82, 2.24) is 4.31 Å². The molecule has 0 aromatic heterocycles. The maximum Gasteiger partial charge on any atom is 0.243 e. The SMILES string of the molecule is CC(=O)c1ccc(NC(=O)CCc2ccc(S(=O)(=O)N3CCCC3)cc2)cc1. The second kappa shape index (κ2) is 8.67. The number of carbonyl (C=O) groups is 2. The summed E-state index contributed by atoms with van der Waals surface area (Å²) >= 11 is 0. The highest BCUT2D eigenvalue weighted by atomic mass is 32.2. The number of hydrogen-bond donors (Lipinski definition) is 1. The van der Waals surface area contributed by atoms with Gasteiger partial charge < -0.3 is 5.32 Å². The van der Waals surface area contributed by atoms with Crippen LogP contribution in [0, 0.1) is 0 Å². The number of carbonyl (C=O) groups excluding carboxylic acids is 2. The number of anilines is 1. The molecule has 6 nitrogen and oxygen atoms in total. The Bertz CT molecular complexity index is 945. The van der Waals surface area contributed by atoms with E-state index in [2.05, 4.69) is 5.32 Å². The fraction of sp³-hybridized carbons (Fsp3) is 0.333. The molecule has 1 fully saturated rings. The van der Waals surface area contributed by atoms with Crippen LogP contribution in [0.15, 0.2) is 53.4 Å². The minimum atomic E-state index is -3.41. The van der Waals surface area contributed by atoms with Crippen molar-refractivity contribution < 1.29 is 18.0 Å². The highest BCUT2D eigenvalue weighted by Crippen LogP contribution is 2.21. The van der Waals surface area contributed by atoms with E-state index < -0.39 is 10.0 Å². The highest BCUT2D eigenvalue weighted by molar-refractivity contribution is 7.89. The van der Waals surface area contributed by atoms with Crippen LogP contribution >= 0.6 is 0 Å². The van der Waals surface area contributed by atoms with Crippen molar-refractivity contribution in [1.29, 1.82) is 0 Å². The van der Waals surface area contributed by atoms with Crippen LogP contribution in [0.2, 0.25) is 0 Å². The number of rotatable bonds is 7. The summed E-state index contributed by atoms with van der Waals surface area (Å²) in [5.41, 5.74) is 2.14. The Morgan fingerprint density at radius 2 is 1.57 bits per heavy atom. The number of hydrogen-bond acceptors (Lipinski definition) is 4. The van der Waals surface area contributed by atoms with Crippen molar-refractivity contribution >= 4 is 27.4 Å². The molecule has 3 rings (SSSR count). The van der Waals surface area contributed by atoms with Gasteiger partial charge in [0.1, 0.15) is 0 Å². The molecule has 1 amide bonds. The van der Waals surface area contributed by atoms with Gasteiger partial charge in [-0.25, -0.2) is 8.42 Å². The van der Waals surface area contributed by atoms with E-state index in [1.807, 2.05) is 0 Å². The van der Waals surface area contributed by atoms with Crippen molar-refractivity contribution in [3.63, 3.8) is 0 Å². The van der Waals surface area contributed by atoms with Crippen LogP contribution in [0.25, 0.3) is 0 Å². The van der Waals surface area contributed by atoms with Crippen LogP contribution in [0.3, 0.4) is 0 Å². The number of amides is 1. The van der Waals surface area contributed by atoms with Gasteiger partial charge in [0.15, 0.2) is 5.78 Å². The summed E-state index contributed by atoms with van der Waals surface area (Å²) in [7, 11) is -3.41. The van der Waals surface area contributed by atoms with Gasteiger partial charge >= 0.3 is 0 Å². The van der Waals surface area contributed by atoms with Crippen LogP contribution in [-0.2, 0) is 21.2 Å². The van der Waals surface area contributed by atoms with E-state index in [0.29, 0.717) is 35.7 Å². The predicted octanol–water partition coefficient (Wildman–Crippen LogP) is 3.25. The lowest BCUT2D eigenvalue weighted by atomic mass is 10.1. The summed E-state index contributed by atoms with van der Waals surface area (Å²) in [6, 6.07) is 13.5. The third kappa shape index (κ3) is 4.85. The smallest absolute Gasteiger partial charge is 0.243 e. The number of nitrogens with zero attached hydrogens (tertiary/aromatic N) is 1. The molecule has 0 atom stereocenters. The van der Waals surface area contributed by atoms with E-state index in [9.17, 15) is 18.0 Å². The van der Waals surface area contributed by atoms with Crippen LogP contribution < -0.4 is 5.32 Å². The predicted molar refractivity (Wildman–Crippen MR) is 108 cm³/mol. The largest absolute Gasteiger partial charge is 0.326 e. The summed E-state index contributed by atoms with van der Waals surface area (Å²) < 4.78 is 26.6. The lowest BCUT2D eigenvalue weighted by Gasteiger charge is -2.15. The van der Waals surface area contributed by atoms with Crippen LogP contribution in [0.5, 0.6) is 0 Å². The first-order valence-electron chi connectivity index (χ1n) is 9.36. The topological polar surface area (TPSA) is 83.5 Å². The summed E-state index contributed by atoms with van der Waals surface area (Å²) in [6.45, 7) is 2.66. The molecule has 1 aliphatic heterocycles. The molecule has 148 valence electrons. The molecule has 0 aliphatic carbocycles. The summed E-state index contributed by atoms with van der Waals surface area (Å²) in [6.07, 6.45) is 2.61. The van der Waals surface area contributed by atoms with Gasteiger partial charge in [0.2, 0.25) is 15.9 Å². The van der Waals surface area contributed by atoms with Gasteiger partial charge in [-0.2, -0.15) is 4.31 Å². The summed E-state index contributed by atoms with van der Waals surface area (Å²) in [4.78, 5) is 23.7. The molecule has 0 radical (unpaired) electrons. The quantitative estimate of drug-likeness (QED) is 0.723. The maximum atomic E-state index is 12.5. The van der Waals surface area contributed by atoms with Crippen LogP contribution in [0.1, 0.15) is 42.1 Å². The minimum Gasteiger partial charge on any atom is -0.326 e. The first-order chi connectivity index (χ1) is 13.4. The zero-order valence-electron chi connectivity index (χ0n) is 15.8. The molecule has 1 aliphatic rings. The summed E-state index contributed by atoms with van der Waals surface area (Å²) in [5, 5.41) is 2.80. The van der Waals surface area contributed by atoms with E-state index in [-0.39, 0.29) is 18.1 Å². The van der Waals surface area contributed by atoms with Crippen molar-refractivity contribution in [2.75, 3.05) is 18.4 Å². The Kier molecular flexibility index (Phi) is 6.26. The van der Waals surface area contributed by atoms with Gasteiger partial charge in [0.25, 0.3) is 0 Å². The maximum absolute atomic E-state index is 12.5. The molecule has 2 aromatic carbocycles. The average Bonchev–Trinajstić information content (AvgIpc) is 3.23. The van der Waals surface area contributed by atoms with E-state index in [4.69, 9.17) is 0 Å². The lowest BCUT2D eigenvalue weighted by Crippen LogP contribution is -2.27. The molecule has 0 saturated carbocycles. The molecule has 0 unspecified atom stereocenters. The number of Topliss-reactive ketones (excluding diaryl/α,β-unsaturated/α-hetero) is 1. The van der Waals surface area contributed by atoms with Gasteiger partial charge in [0.05, 0.1) is 4.90 Å². The number of benzene rings is 2. The number of ketones is 1. The van der Waals surface area contributed by atoms with E-state index in [0.717, 1.165) is 18.4 Å². The fourth-order valence-corrected chi connectivity index (χ4v) is 4.69.